The summed E-state index contributed by atoms with van der Waals surface area (Å²) >= 11 is 0. The van der Waals surface area contributed by atoms with Crippen molar-refractivity contribution in [3.05, 3.63) is 11.6 Å². The molecular formula is C12H21NO3. The number of carboxylic acid groups (broad SMARTS) is 1. The van der Waals surface area contributed by atoms with E-state index in [0.29, 0.717) is 12.0 Å². The number of rotatable bonds is 4. The highest BCUT2D eigenvalue weighted by atomic mass is 16.4. The molecule has 0 heterocycles. The van der Waals surface area contributed by atoms with E-state index in [-0.39, 0.29) is 17.4 Å². The lowest BCUT2D eigenvalue weighted by Crippen LogP contribution is -2.41. The maximum Gasteiger partial charge on any atom is 0.328 e. The van der Waals surface area contributed by atoms with Crippen molar-refractivity contribution in [1.29, 1.82) is 0 Å². The van der Waals surface area contributed by atoms with Crippen molar-refractivity contribution in [1.82, 2.24) is 5.32 Å². The Labute approximate surface area is 96.7 Å². The molecule has 0 atom stereocenters. The third-order valence-corrected chi connectivity index (χ3v) is 1.71. The van der Waals surface area contributed by atoms with Crippen LogP contribution in [-0.2, 0) is 9.59 Å². The van der Waals surface area contributed by atoms with E-state index >= 15 is 0 Å². The lowest BCUT2D eigenvalue weighted by atomic mass is 10.0. The Morgan fingerprint density at radius 2 is 1.81 bits per heavy atom. The first-order valence-electron chi connectivity index (χ1n) is 5.38. The maximum atomic E-state index is 11.8. The Bertz CT molecular complexity index is 298. The summed E-state index contributed by atoms with van der Waals surface area (Å²) in [6, 6.07) is 0. The second-order valence-electron chi connectivity index (χ2n) is 5.31. The van der Waals surface area contributed by atoms with Crippen LogP contribution in [0.4, 0.5) is 0 Å². The molecule has 0 spiro atoms. The van der Waals surface area contributed by atoms with E-state index in [9.17, 15) is 9.59 Å². The van der Waals surface area contributed by atoms with Gasteiger partial charge >= 0.3 is 5.97 Å². The molecule has 0 rings (SSSR count). The molecule has 0 aliphatic heterocycles. The number of hydrogen-bond donors (Lipinski definition) is 2. The van der Waals surface area contributed by atoms with Crippen LogP contribution in [-0.4, -0.2) is 22.5 Å². The molecule has 0 aliphatic carbocycles. The van der Waals surface area contributed by atoms with Gasteiger partial charge in [0.05, 0.1) is 0 Å². The number of carbonyl (C=O) groups is 2. The monoisotopic (exact) mass is 227 g/mol. The van der Waals surface area contributed by atoms with Crippen LogP contribution in [0.3, 0.4) is 0 Å². The van der Waals surface area contributed by atoms with Gasteiger partial charge in [-0.05, 0) is 33.1 Å². The van der Waals surface area contributed by atoms with E-state index in [4.69, 9.17) is 5.11 Å². The molecule has 2 N–H and O–H groups in total. The molecule has 0 bridgehead atoms. The number of hydrogen-bond acceptors (Lipinski definition) is 2. The molecule has 0 aromatic carbocycles. The summed E-state index contributed by atoms with van der Waals surface area (Å²) in [5, 5.41) is 11.4. The molecule has 4 heteroatoms. The summed E-state index contributed by atoms with van der Waals surface area (Å²) in [5.41, 5.74) is -0.0384. The van der Waals surface area contributed by atoms with Gasteiger partial charge in [-0.1, -0.05) is 13.8 Å². The first-order chi connectivity index (χ1) is 7.11. The van der Waals surface area contributed by atoms with E-state index in [1.54, 1.807) is 0 Å². The predicted molar refractivity (Wildman–Crippen MR) is 63.1 cm³/mol. The summed E-state index contributed by atoms with van der Waals surface area (Å²) in [6.07, 6.45) is 1.45. The van der Waals surface area contributed by atoms with Crippen LogP contribution < -0.4 is 5.32 Å². The largest absolute Gasteiger partial charge is 0.478 e. The molecule has 0 saturated carbocycles. The van der Waals surface area contributed by atoms with Gasteiger partial charge in [-0.3, -0.25) is 4.79 Å². The zero-order chi connectivity index (χ0) is 12.9. The van der Waals surface area contributed by atoms with Gasteiger partial charge in [0.2, 0.25) is 5.91 Å². The third-order valence-electron chi connectivity index (χ3n) is 1.71. The molecule has 0 aliphatic rings. The van der Waals surface area contributed by atoms with Gasteiger partial charge in [0.15, 0.2) is 0 Å². The van der Waals surface area contributed by atoms with Gasteiger partial charge in [0.1, 0.15) is 0 Å². The van der Waals surface area contributed by atoms with Crippen molar-refractivity contribution < 1.29 is 14.7 Å². The van der Waals surface area contributed by atoms with Crippen molar-refractivity contribution in [3.8, 4) is 0 Å². The number of carbonyl (C=O) groups excluding carboxylic acids is 1. The Hall–Kier alpha value is -1.32. The third kappa shape index (κ3) is 7.04. The standard InChI is InChI=1S/C12H21NO3/c1-8(2)6-9(7-10(14)15)11(16)13-12(3,4)5/h7-8H,6H2,1-5H3,(H,13,16)(H,14,15). The fourth-order valence-corrected chi connectivity index (χ4v) is 1.23. The van der Waals surface area contributed by atoms with Gasteiger partial charge in [-0.2, -0.15) is 0 Å². The number of carboxylic acids is 1. The summed E-state index contributed by atoms with van der Waals surface area (Å²) in [5.74, 6) is -1.14. The second kappa shape index (κ2) is 5.68. The van der Waals surface area contributed by atoms with Gasteiger partial charge in [-0.15, -0.1) is 0 Å². The van der Waals surface area contributed by atoms with Gasteiger partial charge in [0.25, 0.3) is 0 Å². The van der Waals surface area contributed by atoms with Crippen molar-refractivity contribution in [2.24, 2.45) is 5.92 Å². The molecule has 0 saturated heterocycles. The van der Waals surface area contributed by atoms with Crippen molar-refractivity contribution in [3.63, 3.8) is 0 Å². The minimum Gasteiger partial charge on any atom is -0.478 e. The van der Waals surface area contributed by atoms with Crippen LogP contribution in [0.1, 0.15) is 41.0 Å². The molecule has 4 nitrogen and oxygen atoms in total. The van der Waals surface area contributed by atoms with E-state index in [0.717, 1.165) is 6.08 Å². The quantitative estimate of drug-likeness (QED) is 0.721. The van der Waals surface area contributed by atoms with Crippen LogP contribution >= 0.6 is 0 Å². The molecule has 0 fully saturated rings. The summed E-state index contributed by atoms with van der Waals surface area (Å²) < 4.78 is 0. The normalized spacial score (nSPS) is 12.8. The fourth-order valence-electron chi connectivity index (χ4n) is 1.23. The van der Waals surface area contributed by atoms with Crippen LogP contribution in [0.25, 0.3) is 0 Å². The Morgan fingerprint density at radius 3 is 2.12 bits per heavy atom. The van der Waals surface area contributed by atoms with Crippen molar-refractivity contribution in [2.45, 2.75) is 46.6 Å². The molecule has 0 unspecified atom stereocenters. The zero-order valence-electron chi connectivity index (χ0n) is 10.6. The molecule has 1 amide bonds. The number of amides is 1. The molecule has 0 radical (unpaired) electrons. The minimum atomic E-state index is -1.08. The molecule has 92 valence electrons. The summed E-state index contributed by atoms with van der Waals surface area (Å²) in [7, 11) is 0. The fraction of sp³-hybridized carbons (Fsp3) is 0.667. The SMILES string of the molecule is CC(C)CC(=CC(=O)O)C(=O)NC(C)(C)C. The highest BCUT2D eigenvalue weighted by Gasteiger charge is 2.18. The van der Waals surface area contributed by atoms with E-state index in [1.807, 2.05) is 34.6 Å². The smallest absolute Gasteiger partial charge is 0.328 e. The lowest BCUT2D eigenvalue weighted by molar-refractivity contribution is -0.132. The zero-order valence-corrected chi connectivity index (χ0v) is 10.6. The Kier molecular flexibility index (Phi) is 5.21. The van der Waals surface area contributed by atoms with Crippen LogP contribution in [0.15, 0.2) is 11.6 Å². The highest BCUT2D eigenvalue weighted by Crippen LogP contribution is 2.12. The maximum absolute atomic E-state index is 11.8. The lowest BCUT2D eigenvalue weighted by Gasteiger charge is -2.22. The van der Waals surface area contributed by atoms with Crippen molar-refractivity contribution in [2.75, 3.05) is 0 Å². The Balaban J connectivity index is 4.78. The van der Waals surface area contributed by atoms with Gasteiger partial charge < -0.3 is 10.4 Å². The first-order valence-corrected chi connectivity index (χ1v) is 5.38. The predicted octanol–water partition coefficient (Wildman–Crippen LogP) is 1.96. The van der Waals surface area contributed by atoms with Crippen LogP contribution in [0.5, 0.6) is 0 Å². The average Bonchev–Trinajstić information content (AvgIpc) is 1.97. The number of nitrogens with one attached hydrogen (secondary N) is 1. The number of aliphatic carboxylic acids is 1. The van der Waals surface area contributed by atoms with Crippen LogP contribution in [0.2, 0.25) is 0 Å². The Morgan fingerprint density at radius 1 is 1.31 bits per heavy atom. The summed E-state index contributed by atoms with van der Waals surface area (Å²) in [4.78, 5) is 22.4. The van der Waals surface area contributed by atoms with E-state index in [1.165, 1.54) is 0 Å². The highest BCUT2D eigenvalue weighted by molar-refractivity contribution is 5.99. The van der Waals surface area contributed by atoms with E-state index < -0.39 is 5.97 Å². The second-order valence-corrected chi connectivity index (χ2v) is 5.31. The topological polar surface area (TPSA) is 66.4 Å². The summed E-state index contributed by atoms with van der Waals surface area (Å²) in [6.45, 7) is 9.47. The molecule has 0 aromatic rings. The molecule has 0 aromatic heterocycles. The first kappa shape index (κ1) is 14.7. The van der Waals surface area contributed by atoms with Gasteiger partial charge in [-0.25, -0.2) is 4.79 Å². The average molecular weight is 227 g/mol. The van der Waals surface area contributed by atoms with Crippen molar-refractivity contribution >= 4 is 11.9 Å². The molecular weight excluding hydrogens is 206 g/mol. The molecule has 16 heavy (non-hydrogen) atoms. The minimum absolute atomic E-state index is 0.247. The van der Waals surface area contributed by atoms with Crippen LogP contribution in [0, 0.1) is 5.92 Å². The van der Waals surface area contributed by atoms with Gasteiger partial charge in [0, 0.05) is 17.2 Å². The van der Waals surface area contributed by atoms with E-state index in [2.05, 4.69) is 5.32 Å².